The van der Waals surface area contributed by atoms with Crippen LogP contribution in [0.1, 0.15) is 34.1 Å². The van der Waals surface area contributed by atoms with Gasteiger partial charge in [-0.25, -0.2) is 0 Å². The molecule has 0 aliphatic heterocycles. The van der Waals surface area contributed by atoms with Crippen LogP contribution in [0.15, 0.2) is 28.9 Å². The molecule has 0 unspecified atom stereocenters. The molecule has 1 N–H and O–H groups in total. The summed E-state index contributed by atoms with van der Waals surface area (Å²) in [6.45, 7) is 12.9. The monoisotopic (exact) mass is 194 g/mol. The second-order valence-corrected chi connectivity index (χ2v) is 4.27. The summed E-state index contributed by atoms with van der Waals surface area (Å²) in [5.41, 5.74) is 1.20. The standard InChI is InChI=1S/C12H22N2/c1-6-7-8-11(13-5)9-10-14-12(2,3)4/h6-8,14H,5,9-10H2,1-4H3/b7-6-,11-8-. The maximum Gasteiger partial charge on any atom is 0.0408 e. The van der Waals surface area contributed by atoms with Gasteiger partial charge in [0, 0.05) is 24.2 Å². The van der Waals surface area contributed by atoms with Crippen LogP contribution in [0, 0.1) is 0 Å². The summed E-state index contributed by atoms with van der Waals surface area (Å²) in [4.78, 5) is 3.96. The van der Waals surface area contributed by atoms with Crippen LogP contribution < -0.4 is 5.32 Å². The second kappa shape index (κ2) is 6.55. The van der Waals surface area contributed by atoms with Gasteiger partial charge in [0.25, 0.3) is 0 Å². The van der Waals surface area contributed by atoms with Crippen molar-refractivity contribution in [1.29, 1.82) is 0 Å². The van der Waals surface area contributed by atoms with Crippen LogP contribution in [-0.4, -0.2) is 18.8 Å². The Morgan fingerprint density at radius 1 is 1.43 bits per heavy atom. The van der Waals surface area contributed by atoms with Crippen LogP contribution >= 0.6 is 0 Å². The zero-order valence-corrected chi connectivity index (χ0v) is 9.80. The van der Waals surface area contributed by atoms with Gasteiger partial charge in [-0.15, -0.1) is 0 Å². The number of nitrogens with one attached hydrogen (secondary N) is 1. The normalized spacial score (nSPS) is 13.6. The zero-order chi connectivity index (χ0) is 11.0. The number of hydrogen-bond donors (Lipinski definition) is 1. The molecule has 2 nitrogen and oxygen atoms in total. The van der Waals surface area contributed by atoms with E-state index in [1.54, 1.807) is 0 Å². The van der Waals surface area contributed by atoms with E-state index in [0.29, 0.717) is 0 Å². The molecule has 0 saturated carbocycles. The minimum Gasteiger partial charge on any atom is -0.312 e. The van der Waals surface area contributed by atoms with Gasteiger partial charge >= 0.3 is 0 Å². The zero-order valence-electron chi connectivity index (χ0n) is 9.80. The van der Waals surface area contributed by atoms with Gasteiger partial charge in [0.15, 0.2) is 0 Å². The van der Waals surface area contributed by atoms with Crippen LogP contribution in [0.5, 0.6) is 0 Å². The maximum absolute atomic E-state index is 3.96. The second-order valence-electron chi connectivity index (χ2n) is 4.27. The van der Waals surface area contributed by atoms with E-state index in [4.69, 9.17) is 0 Å². The molecule has 0 aliphatic rings. The topological polar surface area (TPSA) is 24.4 Å². The Kier molecular flexibility index (Phi) is 6.13. The molecule has 0 heterocycles. The molecule has 0 fully saturated rings. The third kappa shape index (κ3) is 7.74. The van der Waals surface area contributed by atoms with E-state index in [1.165, 1.54) is 0 Å². The maximum atomic E-state index is 3.96. The highest BCUT2D eigenvalue weighted by molar-refractivity contribution is 5.30. The first-order chi connectivity index (χ1) is 6.49. The highest BCUT2D eigenvalue weighted by atomic mass is 14.9. The average Bonchev–Trinajstić information content (AvgIpc) is 2.09. The first-order valence-corrected chi connectivity index (χ1v) is 5.03. The van der Waals surface area contributed by atoms with Crippen LogP contribution in [0.3, 0.4) is 0 Å². The molecule has 14 heavy (non-hydrogen) atoms. The van der Waals surface area contributed by atoms with E-state index in [9.17, 15) is 0 Å². The fraction of sp³-hybridized carbons (Fsp3) is 0.583. The highest BCUT2D eigenvalue weighted by Gasteiger charge is 2.07. The third-order valence-electron chi connectivity index (χ3n) is 1.72. The minimum atomic E-state index is 0.173. The number of nitrogens with zero attached hydrogens (tertiary/aromatic N) is 1. The number of rotatable bonds is 5. The Morgan fingerprint density at radius 3 is 2.50 bits per heavy atom. The fourth-order valence-corrected chi connectivity index (χ4v) is 0.988. The summed E-state index contributed by atoms with van der Waals surface area (Å²) in [5.74, 6) is 0. The van der Waals surface area contributed by atoms with Gasteiger partial charge in [-0.05, 0) is 40.5 Å². The van der Waals surface area contributed by atoms with E-state index in [0.717, 1.165) is 18.7 Å². The van der Waals surface area contributed by atoms with Crippen LogP contribution in [0.4, 0.5) is 0 Å². The quantitative estimate of drug-likeness (QED) is 0.528. The molecule has 0 aromatic carbocycles. The largest absolute Gasteiger partial charge is 0.312 e. The first kappa shape index (κ1) is 13.1. The molecule has 0 rings (SSSR count). The lowest BCUT2D eigenvalue weighted by atomic mass is 10.1. The van der Waals surface area contributed by atoms with E-state index < -0.39 is 0 Å². The molecule has 80 valence electrons. The van der Waals surface area contributed by atoms with Crippen LogP contribution in [0.2, 0.25) is 0 Å². The van der Waals surface area contributed by atoms with Gasteiger partial charge in [-0.1, -0.05) is 12.2 Å². The average molecular weight is 194 g/mol. The van der Waals surface area contributed by atoms with Crippen LogP contribution in [-0.2, 0) is 0 Å². The van der Waals surface area contributed by atoms with E-state index in [2.05, 4.69) is 37.8 Å². The molecular formula is C12H22N2. The molecule has 0 aromatic heterocycles. The highest BCUT2D eigenvalue weighted by Crippen LogP contribution is 2.04. The summed E-state index contributed by atoms with van der Waals surface area (Å²) in [6, 6.07) is 0. The van der Waals surface area contributed by atoms with Gasteiger partial charge in [0.05, 0.1) is 0 Å². The Bertz CT molecular complexity index is 219. The Labute approximate surface area is 87.8 Å². The lowest BCUT2D eigenvalue weighted by Crippen LogP contribution is -2.36. The number of aliphatic imine (C=N–C) groups is 1. The molecule has 0 radical (unpaired) electrons. The molecule has 0 amide bonds. The lowest BCUT2D eigenvalue weighted by Gasteiger charge is -2.20. The van der Waals surface area contributed by atoms with Crippen molar-refractivity contribution in [3.63, 3.8) is 0 Å². The van der Waals surface area contributed by atoms with Crippen LogP contribution in [0.25, 0.3) is 0 Å². The first-order valence-electron chi connectivity index (χ1n) is 5.03. The molecule has 0 aromatic rings. The van der Waals surface area contributed by atoms with Crippen molar-refractivity contribution < 1.29 is 0 Å². The molecule has 0 atom stereocenters. The van der Waals surface area contributed by atoms with E-state index in [-0.39, 0.29) is 5.54 Å². The van der Waals surface area contributed by atoms with Gasteiger partial charge < -0.3 is 5.32 Å². The summed E-state index contributed by atoms with van der Waals surface area (Å²) >= 11 is 0. The SMILES string of the molecule is C=N/C(=C\C=C/C)CCNC(C)(C)C. The summed E-state index contributed by atoms with van der Waals surface area (Å²) in [5, 5.41) is 3.41. The Hall–Kier alpha value is -0.890. The minimum absolute atomic E-state index is 0.173. The van der Waals surface area contributed by atoms with Crippen molar-refractivity contribution in [3.05, 3.63) is 23.9 Å². The fourth-order valence-electron chi connectivity index (χ4n) is 0.988. The van der Waals surface area contributed by atoms with Crippen molar-refractivity contribution in [3.8, 4) is 0 Å². The Morgan fingerprint density at radius 2 is 2.07 bits per heavy atom. The van der Waals surface area contributed by atoms with E-state index >= 15 is 0 Å². The molecular weight excluding hydrogens is 172 g/mol. The summed E-state index contributed by atoms with van der Waals surface area (Å²) < 4.78 is 0. The number of allylic oxidation sites excluding steroid dienone is 3. The molecule has 0 spiro atoms. The summed E-state index contributed by atoms with van der Waals surface area (Å²) in [6.07, 6.45) is 6.89. The van der Waals surface area contributed by atoms with Crippen molar-refractivity contribution in [2.24, 2.45) is 4.99 Å². The molecule has 0 aliphatic carbocycles. The van der Waals surface area contributed by atoms with Gasteiger partial charge in [0.2, 0.25) is 0 Å². The molecule has 2 heteroatoms. The van der Waals surface area contributed by atoms with E-state index in [1.807, 2.05) is 25.2 Å². The third-order valence-corrected chi connectivity index (χ3v) is 1.72. The van der Waals surface area contributed by atoms with Gasteiger partial charge in [-0.3, -0.25) is 4.99 Å². The number of hydrogen-bond acceptors (Lipinski definition) is 2. The summed E-state index contributed by atoms with van der Waals surface area (Å²) in [7, 11) is 0. The van der Waals surface area contributed by atoms with Crippen molar-refractivity contribution in [1.82, 2.24) is 5.32 Å². The van der Waals surface area contributed by atoms with Crippen molar-refractivity contribution in [2.75, 3.05) is 6.54 Å². The van der Waals surface area contributed by atoms with Gasteiger partial charge in [0.1, 0.15) is 0 Å². The smallest absolute Gasteiger partial charge is 0.0408 e. The van der Waals surface area contributed by atoms with Crippen molar-refractivity contribution >= 4 is 6.72 Å². The van der Waals surface area contributed by atoms with Crippen molar-refractivity contribution in [2.45, 2.75) is 39.7 Å². The Balaban J connectivity index is 3.91. The predicted octanol–water partition coefficient (Wildman–Crippen LogP) is 2.93. The molecule has 0 saturated heterocycles. The lowest BCUT2D eigenvalue weighted by molar-refractivity contribution is 0.429. The van der Waals surface area contributed by atoms with Gasteiger partial charge in [-0.2, -0.15) is 0 Å². The molecule has 0 bridgehead atoms. The predicted molar refractivity (Wildman–Crippen MR) is 64.8 cm³/mol.